The average molecular weight is 264 g/mol. The van der Waals surface area contributed by atoms with Crippen LogP contribution < -0.4 is 11.1 Å². The van der Waals surface area contributed by atoms with Crippen LogP contribution in [-0.4, -0.2) is 24.0 Å². The molecule has 1 fully saturated rings. The standard InChI is InChI=1S/C14H18ClN3/c15-10-3-1-9(2-4-10)7-14-17-12-6-5-11(16)8-13(12)18-14/h1-4,11-13H,5-8,16H2,(H,17,18). The van der Waals surface area contributed by atoms with Crippen molar-refractivity contribution in [2.24, 2.45) is 10.7 Å². The Morgan fingerprint density at radius 3 is 2.83 bits per heavy atom. The van der Waals surface area contributed by atoms with Crippen LogP contribution in [0.4, 0.5) is 0 Å². The minimum Gasteiger partial charge on any atom is -0.369 e. The summed E-state index contributed by atoms with van der Waals surface area (Å²) in [7, 11) is 0. The number of aliphatic imine (C=N–C) groups is 1. The lowest BCUT2D eigenvalue weighted by Gasteiger charge is -2.28. The van der Waals surface area contributed by atoms with E-state index in [1.165, 1.54) is 5.56 Å². The van der Waals surface area contributed by atoms with Crippen molar-refractivity contribution in [3.05, 3.63) is 34.9 Å². The van der Waals surface area contributed by atoms with Crippen LogP contribution in [0.3, 0.4) is 0 Å². The maximum Gasteiger partial charge on any atom is 0.101 e. The van der Waals surface area contributed by atoms with Gasteiger partial charge in [0, 0.05) is 17.5 Å². The lowest BCUT2D eigenvalue weighted by atomic mass is 9.88. The third-order valence-corrected chi connectivity index (χ3v) is 4.06. The van der Waals surface area contributed by atoms with E-state index < -0.39 is 0 Å². The van der Waals surface area contributed by atoms with Crippen LogP contribution in [0.5, 0.6) is 0 Å². The summed E-state index contributed by atoms with van der Waals surface area (Å²) >= 11 is 5.88. The van der Waals surface area contributed by atoms with Gasteiger partial charge in [-0.1, -0.05) is 23.7 Å². The Balaban J connectivity index is 1.66. The van der Waals surface area contributed by atoms with Crippen LogP contribution in [0, 0.1) is 0 Å². The molecule has 3 nitrogen and oxygen atoms in total. The lowest BCUT2D eigenvalue weighted by Crippen LogP contribution is -2.44. The quantitative estimate of drug-likeness (QED) is 0.859. The second-order valence-electron chi connectivity index (χ2n) is 5.27. The van der Waals surface area contributed by atoms with Gasteiger partial charge in [0.1, 0.15) is 5.84 Å². The van der Waals surface area contributed by atoms with Crippen LogP contribution in [0.1, 0.15) is 24.8 Å². The second kappa shape index (κ2) is 4.90. The molecular weight excluding hydrogens is 246 g/mol. The predicted molar refractivity (Wildman–Crippen MR) is 75.1 cm³/mol. The van der Waals surface area contributed by atoms with Crippen molar-refractivity contribution in [2.45, 2.75) is 43.8 Å². The third-order valence-electron chi connectivity index (χ3n) is 3.81. The number of nitrogens with one attached hydrogen (secondary N) is 1. The normalized spacial score (nSPS) is 30.6. The minimum absolute atomic E-state index is 0.337. The molecule has 0 radical (unpaired) electrons. The molecule has 4 heteroatoms. The van der Waals surface area contributed by atoms with Gasteiger partial charge in [-0.2, -0.15) is 0 Å². The highest BCUT2D eigenvalue weighted by Gasteiger charge is 2.33. The van der Waals surface area contributed by atoms with E-state index in [0.717, 1.165) is 36.5 Å². The molecule has 2 aliphatic rings. The van der Waals surface area contributed by atoms with Gasteiger partial charge in [-0.05, 0) is 37.0 Å². The molecule has 0 saturated heterocycles. The van der Waals surface area contributed by atoms with Gasteiger partial charge in [0.2, 0.25) is 0 Å². The van der Waals surface area contributed by atoms with Crippen molar-refractivity contribution in [1.29, 1.82) is 0 Å². The highest BCUT2D eigenvalue weighted by Crippen LogP contribution is 2.25. The minimum atomic E-state index is 0.337. The van der Waals surface area contributed by atoms with Crippen molar-refractivity contribution in [2.75, 3.05) is 0 Å². The Morgan fingerprint density at radius 1 is 1.28 bits per heavy atom. The topological polar surface area (TPSA) is 50.4 Å². The van der Waals surface area contributed by atoms with Crippen molar-refractivity contribution in [3.8, 4) is 0 Å². The predicted octanol–water partition coefficient (Wildman–Crippen LogP) is 2.13. The van der Waals surface area contributed by atoms with E-state index in [1.54, 1.807) is 0 Å². The first-order valence-electron chi connectivity index (χ1n) is 6.54. The zero-order chi connectivity index (χ0) is 12.5. The van der Waals surface area contributed by atoms with E-state index in [2.05, 4.69) is 17.4 Å². The molecule has 96 valence electrons. The molecule has 1 aromatic carbocycles. The fourth-order valence-electron chi connectivity index (χ4n) is 2.84. The smallest absolute Gasteiger partial charge is 0.101 e. The number of amidine groups is 1. The highest BCUT2D eigenvalue weighted by molar-refractivity contribution is 6.30. The molecule has 1 aliphatic carbocycles. The first kappa shape index (κ1) is 12.0. The summed E-state index contributed by atoms with van der Waals surface area (Å²) < 4.78 is 0. The monoisotopic (exact) mass is 263 g/mol. The zero-order valence-electron chi connectivity index (χ0n) is 10.3. The molecule has 0 bridgehead atoms. The van der Waals surface area contributed by atoms with Crippen LogP contribution in [0.2, 0.25) is 5.02 Å². The van der Waals surface area contributed by atoms with E-state index in [-0.39, 0.29) is 0 Å². The highest BCUT2D eigenvalue weighted by atomic mass is 35.5. The Bertz CT molecular complexity index is 455. The third kappa shape index (κ3) is 2.52. The van der Waals surface area contributed by atoms with Crippen molar-refractivity contribution < 1.29 is 0 Å². The van der Waals surface area contributed by atoms with Gasteiger partial charge in [0.25, 0.3) is 0 Å². The SMILES string of the molecule is NC1CCC2N=C(Cc3ccc(Cl)cc3)NC2C1. The van der Waals surface area contributed by atoms with Crippen molar-refractivity contribution in [1.82, 2.24) is 5.32 Å². The number of halogens is 1. The van der Waals surface area contributed by atoms with Gasteiger partial charge in [0.05, 0.1) is 12.1 Å². The fraction of sp³-hybridized carbons (Fsp3) is 0.500. The number of rotatable bonds is 2. The largest absolute Gasteiger partial charge is 0.369 e. The van der Waals surface area contributed by atoms with Crippen LogP contribution in [-0.2, 0) is 6.42 Å². The molecule has 1 aliphatic heterocycles. The van der Waals surface area contributed by atoms with Gasteiger partial charge in [-0.3, -0.25) is 4.99 Å². The molecule has 1 saturated carbocycles. The summed E-state index contributed by atoms with van der Waals surface area (Å²) in [5.74, 6) is 1.10. The number of benzene rings is 1. The van der Waals surface area contributed by atoms with Gasteiger partial charge in [0.15, 0.2) is 0 Å². The van der Waals surface area contributed by atoms with Crippen LogP contribution >= 0.6 is 11.6 Å². The van der Waals surface area contributed by atoms with Crippen LogP contribution in [0.25, 0.3) is 0 Å². The lowest BCUT2D eigenvalue weighted by molar-refractivity contribution is 0.347. The second-order valence-corrected chi connectivity index (χ2v) is 5.71. The number of nitrogens with zero attached hydrogens (tertiary/aromatic N) is 1. The van der Waals surface area contributed by atoms with E-state index in [0.29, 0.717) is 18.1 Å². The van der Waals surface area contributed by atoms with E-state index >= 15 is 0 Å². The van der Waals surface area contributed by atoms with Crippen molar-refractivity contribution >= 4 is 17.4 Å². The molecule has 0 amide bonds. The number of fused-ring (bicyclic) bond motifs is 1. The molecular formula is C14H18ClN3. The molecule has 3 N–H and O–H groups in total. The van der Waals surface area contributed by atoms with Gasteiger partial charge in [-0.25, -0.2) is 0 Å². The number of hydrogen-bond donors (Lipinski definition) is 2. The Hall–Kier alpha value is -1.06. The molecule has 18 heavy (non-hydrogen) atoms. The molecule has 3 atom stereocenters. The van der Waals surface area contributed by atoms with E-state index in [4.69, 9.17) is 22.3 Å². The first-order valence-corrected chi connectivity index (χ1v) is 6.92. The van der Waals surface area contributed by atoms with E-state index in [9.17, 15) is 0 Å². The van der Waals surface area contributed by atoms with Crippen molar-refractivity contribution in [3.63, 3.8) is 0 Å². The van der Waals surface area contributed by atoms with Gasteiger partial charge < -0.3 is 11.1 Å². The number of hydrogen-bond acceptors (Lipinski definition) is 3. The molecule has 0 aromatic heterocycles. The maximum absolute atomic E-state index is 6.00. The Kier molecular flexibility index (Phi) is 3.27. The summed E-state index contributed by atoms with van der Waals surface area (Å²) in [6.07, 6.45) is 4.11. The van der Waals surface area contributed by atoms with Crippen LogP contribution in [0.15, 0.2) is 29.3 Å². The number of nitrogens with two attached hydrogens (primary N) is 1. The molecule has 3 rings (SSSR count). The summed E-state index contributed by atoms with van der Waals surface area (Å²) in [6.45, 7) is 0. The molecule has 1 heterocycles. The fourth-order valence-corrected chi connectivity index (χ4v) is 2.97. The zero-order valence-corrected chi connectivity index (χ0v) is 11.0. The van der Waals surface area contributed by atoms with Gasteiger partial charge >= 0.3 is 0 Å². The summed E-state index contributed by atoms with van der Waals surface area (Å²) in [5.41, 5.74) is 7.24. The maximum atomic E-state index is 6.00. The first-order chi connectivity index (χ1) is 8.70. The molecule has 3 unspecified atom stereocenters. The average Bonchev–Trinajstić information content (AvgIpc) is 2.73. The Labute approximate surface area is 112 Å². The summed E-state index contributed by atoms with van der Waals surface area (Å²) in [6, 6.07) is 9.19. The Morgan fingerprint density at radius 2 is 2.06 bits per heavy atom. The summed E-state index contributed by atoms with van der Waals surface area (Å²) in [4.78, 5) is 4.78. The van der Waals surface area contributed by atoms with E-state index in [1.807, 2.05) is 12.1 Å². The molecule has 1 aromatic rings. The molecule has 0 spiro atoms. The summed E-state index contributed by atoms with van der Waals surface area (Å²) in [5, 5.41) is 4.30. The van der Waals surface area contributed by atoms with Gasteiger partial charge in [-0.15, -0.1) is 0 Å².